The van der Waals surface area contributed by atoms with Gasteiger partial charge in [0.15, 0.2) is 0 Å². The minimum atomic E-state index is -0.477. The molecule has 6 aliphatic rings. The third kappa shape index (κ3) is 12.9. The molecule has 1 aromatic rings. The first-order valence-corrected chi connectivity index (χ1v) is 20.1. The van der Waals surface area contributed by atoms with Crippen LogP contribution in [0.25, 0.3) is 0 Å². The van der Waals surface area contributed by atoms with Crippen molar-refractivity contribution in [2.75, 3.05) is 14.1 Å². The maximum atomic E-state index is 2.43. The smallest absolute Gasteiger partial charge is 0.306 e. The molecule has 0 N–H and O–H groups in total. The first-order valence-electron chi connectivity index (χ1n) is 17.3. The summed E-state index contributed by atoms with van der Waals surface area (Å²) in [5, 5.41) is 1.42. The van der Waals surface area contributed by atoms with E-state index in [2.05, 4.69) is 127 Å². The Hall–Kier alpha value is 1.08. The largest absolute Gasteiger partial charge is 2.00 e. The van der Waals surface area contributed by atoms with Crippen LogP contribution in [0.1, 0.15) is 71.1 Å². The Bertz CT molecular complexity index is 877. The van der Waals surface area contributed by atoms with Gasteiger partial charge in [0.2, 0.25) is 0 Å². The van der Waals surface area contributed by atoms with Crippen LogP contribution in [0.4, 0.5) is 0 Å². The molecular formula is C42H53Fe2NP2+4. The molecule has 1 nitrogen and oxygen atoms in total. The molecule has 5 heteroatoms. The van der Waals surface area contributed by atoms with Crippen molar-refractivity contribution in [3.05, 3.63) is 156 Å². The van der Waals surface area contributed by atoms with Gasteiger partial charge in [-0.3, -0.25) is 0 Å². The molecule has 6 fully saturated rings. The molecule has 0 amide bonds. The number of benzene rings is 1. The van der Waals surface area contributed by atoms with Crippen molar-refractivity contribution in [3.8, 4) is 0 Å². The third-order valence-corrected chi connectivity index (χ3v) is 15.7. The summed E-state index contributed by atoms with van der Waals surface area (Å²) < 4.78 is 0. The molecule has 2 atom stereocenters. The molecule has 0 aliphatic heterocycles. The zero-order valence-corrected chi connectivity index (χ0v) is 32.5. The summed E-state index contributed by atoms with van der Waals surface area (Å²) in [6.07, 6.45) is 50.0. The summed E-state index contributed by atoms with van der Waals surface area (Å²) in [6, 6.07) is 11.3. The maximum Gasteiger partial charge on any atom is 2.00 e. The Kier molecular flexibility index (Phi) is 21.3. The van der Waals surface area contributed by atoms with Crippen molar-refractivity contribution >= 4 is 21.1 Å². The van der Waals surface area contributed by atoms with E-state index in [1.165, 1.54) is 86.7 Å². The first kappa shape index (κ1) is 42.5. The van der Waals surface area contributed by atoms with E-state index in [0.29, 0.717) is 6.04 Å². The van der Waals surface area contributed by atoms with Gasteiger partial charge in [0.25, 0.3) is 0 Å². The molecule has 0 aromatic heterocycles. The van der Waals surface area contributed by atoms with Crippen molar-refractivity contribution < 1.29 is 34.1 Å². The zero-order chi connectivity index (χ0) is 31.3. The summed E-state index contributed by atoms with van der Waals surface area (Å²) in [7, 11) is 3.96. The van der Waals surface area contributed by atoms with Crippen molar-refractivity contribution in [3.63, 3.8) is 0 Å². The van der Waals surface area contributed by atoms with E-state index in [4.69, 9.17) is 0 Å². The standard InChI is InChI=1S/C20H22NP.C17H26P.C5H5.2Fe/c1-16(21(2)3)19-14-9-15-20(19)22(18-12-7-8-13-18)17-10-5-4-6-11-17;1-3-9-15(10-4-1)18(17-13-7-8-14-17)16-11-5-2-6-12-16;1-2-4-5-3-1;;/h4-16H,1-3H3;7-8,13-16H,1-6,9-12H2;1-5H;;/q;;;2*+2/t16-,22+;;;;/m1..../s1. The van der Waals surface area contributed by atoms with Crippen molar-refractivity contribution in [1.29, 1.82) is 0 Å². The molecule has 0 bridgehead atoms. The molecule has 0 spiro atoms. The molecule has 0 saturated heterocycles. The molecule has 0 heterocycles. The van der Waals surface area contributed by atoms with Gasteiger partial charge >= 0.3 is 34.1 Å². The molecule has 6 saturated carbocycles. The summed E-state index contributed by atoms with van der Waals surface area (Å²) in [5.41, 5.74) is 6.75. The van der Waals surface area contributed by atoms with E-state index in [-0.39, 0.29) is 42.1 Å². The second-order valence-corrected chi connectivity index (χ2v) is 17.9. The molecule has 7 rings (SSSR count). The average Bonchev–Trinajstić information content (AvgIpc) is 3.93. The van der Waals surface area contributed by atoms with E-state index in [9.17, 15) is 0 Å². The summed E-state index contributed by atoms with van der Waals surface area (Å²) in [4.78, 5) is 2.28. The van der Waals surface area contributed by atoms with Crippen molar-refractivity contribution in [2.24, 2.45) is 0 Å². The van der Waals surface area contributed by atoms with Crippen LogP contribution in [-0.4, -0.2) is 36.4 Å². The van der Waals surface area contributed by atoms with Crippen LogP contribution < -0.4 is 5.30 Å². The van der Waals surface area contributed by atoms with Gasteiger partial charge < -0.3 is 4.90 Å². The summed E-state index contributed by atoms with van der Waals surface area (Å²) in [6.45, 7) is 2.28. The number of nitrogens with zero attached hydrogens (tertiary/aromatic N) is 1. The van der Waals surface area contributed by atoms with Gasteiger partial charge in [0, 0.05) is 28.9 Å². The van der Waals surface area contributed by atoms with E-state index < -0.39 is 7.92 Å². The minimum Gasteiger partial charge on any atom is -0.306 e. The minimum absolute atomic E-state index is 0. The van der Waals surface area contributed by atoms with Gasteiger partial charge in [-0.15, -0.1) is 0 Å². The number of hydrogen-bond acceptors (Lipinski definition) is 1. The number of hydrogen-bond donors (Lipinski definition) is 0. The second-order valence-electron chi connectivity index (χ2n) is 12.9. The predicted octanol–water partition coefficient (Wildman–Crippen LogP) is 10.4. The summed E-state index contributed by atoms with van der Waals surface area (Å²) >= 11 is 0. The molecule has 248 valence electrons. The van der Waals surface area contributed by atoms with Gasteiger partial charge in [-0.25, -0.2) is 0 Å². The maximum absolute atomic E-state index is 2.43. The van der Waals surface area contributed by atoms with Crippen LogP contribution in [0.3, 0.4) is 0 Å². The van der Waals surface area contributed by atoms with E-state index in [0.717, 1.165) is 11.3 Å². The monoisotopic (exact) mass is 745 g/mol. The Balaban J connectivity index is 0.000000217. The quantitative estimate of drug-likeness (QED) is 0.189. The fourth-order valence-corrected chi connectivity index (χ4v) is 13.4. The average molecular weight is 746 g/mol. The van der Waals surface area contributed by atoms with E-state index in [1.54, 1.807) is 5.66 Å². The third-order valence-electron chi connectivity index (χ3n) is 9.64. The Morgan fingerprint density at radius 3 is 1.49 bits per heavy atom. The summed E-state index contributed by atoms with van der Waals surface area (Å²) in [5.74, 6) is 1.45. The van der Waals surface area contributed by atoms with Crippen molar-refractivity contribution in [2.45, 2.75) is 88.5 Å². The van der Waals surface area contributed by atoms with E-state index in [1.807, 2.05) is 32.1 Å². The normalized spacial score (nSPS) is 25.0. The second kappa shape index (κ2) is 23.6. The van der Waals surface area contributed by atoms with Crippen LogP contribution in [-0.2, 0) is 34.1 Å². The van der Waals surface area contributed by atoms with Gasteiger partial charge in [-0.1, -0.05) is 84.7 Å². The predicted molar refractivity (Wildman–Crippen MR) is 199 cm³/mol. The fraction of sp³-hybridized carbons (Fsp3) is 0.381. The Labute approximate surface area is 316 Å². The first-order chi connectivity index (χ1) is 22.1. The van der Waals surface area contributed by atoms with Gasteiger partial charge in [-0.2, -0.15) is 0 Å². The Morgan fingerprint density at radius 2 is 1.02 bits per heavy atom. The fourth-order valence-electron chi connectivity index (χ4n) is 7.07. The molecular weight excluding hydrogens is 692 g/mol. The van der Waals surface area contributed by atoms with Crippen LogP contribution >= 0.6 is 15.8 Å². The van der Waals surface area contributed by atoms with Crippen LogP contribution in [0, 0.1) is 126 Å². The van der Waals surface area contributed by atoms with Crippen LogP contribution in [0.5, 0.6) is 0 Å². The van der Waals surface area contributed by atoms with Crippen LogP contribution in [0.15, 0.2) is 30.3 Å². The van der Waals surface area contributed by atoms with Gasteiger partial charge in [0.1, 0.15) is 0 Å². The molecule has 20 radical (unpaired) electrons. The SMILES string of the molecule is C[C@H]([C]1[CH][CH][CH][C]1[P@]([C]1[CH][CH][CH][CH]1)c1ccccc1)N(C)C.[CH]1[CH][CH][CH][CH]1.[CH]1[CH][CH][C](P(C2CCCCC2)C2CCCCC2)[CH]1.[Fe+2].[Fe+2]. The van der Waals surface area contributed by atoms with E-state index >= 15 is 0 Å². The zero-order valence-electron chi connectivity index (χ0n) is 28.5. The molecule has 47 heavy (non-hydrogen) atoms. The molecule has 1 aromatic carbocycles. The van der Waals surface area contributed by atoms with Crippen molar-refractivity contribution in [1.82, 2.24) is 4.90 Å². The molecule has 0 unspecified atom stereocenters. The topological polar surface area (TPSA) is 3.24 Å². The van der Waals surface area contributed by atoms with Crippen LogP contribution in [0.2, 0.25) is 0 Å². The van der Waals surface area contributed by atoms with Gasteiger partial charge in [0.05, 0.1) is 0 Å². The number of rotatable bonds is 8. The van der Waals surface area contributed by atoms with Gasteiger partial charge in [-0.05, 0) is 166 Å². The Morgan fingerprint density at radius 1 is 0.553 bits per heavy atom. The molecule has 6 aliphatic carbocycles.